The van der Waals surface area contributed by atoms with Crippen LogP contribution in [0.25, 0.3) is 0 Å². The van der Waals surface area contributed by atoms with E-state index >= 15 is 0 Å². The maximum atomic E-state index is 12.1. The van der Waals surface area contributed by atoms with E-state index in [0.717, 1.165) is 4.88 Å². The molecule has 0 aliphatic carbocycles. The van der Waals surface area contributed by atoms with Gasteiger partial charge in [0.25, 0.3) is 5.91 Å². The number of hydrogen-bond donors (Lipinski definition) is 2. The topological polar surface area (TPSA) is 89.6 Å². The van der Waals surface area contributed by atoms with Crippen LogP contribution in [-0.2, 0) is 9.59 Å². The van der Waals surface area contributed by atoms with E-state index in [1.807, 2.05) is 13.0 Å². The monoisotopic (exact) mass is 333 g/mol. The maximum absolute atomic E-state index is 12.1. The number of carbonyl (C=O) groups is 2. The highest BCUT2D eigenvalue weighted by Crippen LogP contribution is 2.30. The highest BCUT2D eigenvalue weighted by atomic mass is 32.1. The van der Waals surface area contributed by atoms with Gasteiger partial charge in [0, 0.05) is 11.1 Å². The van der Waals surface area contributed by atoms with E-state index in [4.69, 9.17) is 9.47 Å². The Kier molecular flexibility index (Phi) is 4.42. The molecule has 1 aromatic heterocycles. The quantitative estimate of drug-likeness (QED) is 0.881. The smallest absolute Gasteiger partial charge is 0.265 e. The van der Waals surface area contributed by atoms with Crippen molar-refractivity contribution in [1.29, 1.82) is 0 Å². The summed E-state index contributed by atoms with van der Waals surface area (Å²) in [4.78, 5) is 28.9. The first kappa shape index (κ1) is 15.3. The molecule has 120 valence electrons. The predicted octanol–water partition coefficient (Wildman–Crippen LogP) is 1.35. The molecule has 2 aromatic rings. The van der Waals surface area contributed by atoms with Crippen LogP contribution in [0.4, 0.5) is 5.13 Å². The first-order valence-corrected chi connectivity index (χ1v) is 7.82. The molecule has 2 heterocycles. The molecule has 1 aliphatic rings. The second-order valence-electron chi connectivity index (χ2n) is 4.91. The SMILES string of the molecule is Cc1cnc(NC(=O)CNC(=O)C2COc3ccccc3O2)s1. The number of amides is 2. The molecule has 0 bridgehead atoms. The third-order valence-corrected chi connectivity index (χ3v) is 3.92. The molecular weight excluding hydrogens is 318 g/mol. The van der Waals surface area contributed by atoms with Crippen LogP contribution in [0.15, 0.2) is 30.5 Å². The molecule has 1 aliphatic heterocycles. The molecule has 1 aromatic carbocycles. The molecule has 0 spiro atoms. The summed E-state index contributed by atoms with van der Waals surface area (Å²) in [6.07, 6.45) is 0.892. The lowest BCUT2D eigenvalue weighted by Gasteiger charge is -2.25. The van der Waals surface area contributed by atoms with Crippen molar-refractivity contribution in [3.63, 3.8) is 0 Å². The van der Waals surface area contributed by atoms with Gasteiger partial charge in [0.2, 0.25) is 12.0 Å². The van der Waals surface area contributed by atoms with E-state index in [1.54, 1.807) is 24.4 Å². The van der Waals surface area contributed by atoms with E-state index in [-0.39, 0.29) is 19.1 Å². The van der Waals surface area contributed by atoms with E-state index < -0.39 is 12.0 Å². The second-order valence-corrected chi connectivity index (χ2v) is 6.14. The predicted molar refractivity (Wildman–Crippen MR) is 84.8 cm³/mol. The number of hydrogen-bond acceptors (Lipinski definition) is 6. The second kappa shape index (κ2) is 6.66. The van der Waals surface area contributed by atoms with Gasteiger partial charge in [-0.2, -0.15) is 0 Å². The molecular formula is C15H15N3O4S. The number of carbonyl (C=O) groups excluding carboxylic acids is 2. The van der Waals surface area contributed by atoms with Crippen LogP contribution < -0.4 is 20.1 Å². The third kappa shape index (κ3) is 3.78. The summed E-state index contributed by atoms with van der Waals surface area (Å²) in [5.74, 6) is 0.379. The standard InChI is InChI=1S/C15H15N3O4S/c1-9-6-17-15(23-9)18-13(19)7-16-14(20)12-8-21-10-4-2-3-5-11(10)22-12/h2-6,12H,7-8H2,1H3,(H,16,20)(H,17,18,19). The highest BCUT2D eigenvalue weighted by Gasteiger charge is 2.27. The molecule has 1 unspecified atom stereocenters. The van der Waals surface area contributed by atoms with Crippen molar-refractivity contribution in [2.45, 2.75) is 13.0 Å². The van der Waals surface area contributed by atoms with Gasteiger partial charge in [0.05, 0.1) is 6.54 Å². The molecule has 7 nitrogen and oxygen atoms in total. The first-order valence-electron chi connectivity index (χ1n) is 7.00. The van der Waals surface area contributed by atoms with Crippen molar-refractivity contribution in [1.82, 2.24) is 10.3 Å². The summed E-state index contributed by atoms with van der Waals surface area (Å²) >= 11 is 1.37. The zero-order chi connectivity index (χ0) is 16.2. The zero-order valence-electron chi connectivity index (χ0n) is 12.4. The minimum absolute atomic E-state index is 0.107. The Hall–Kier alpha value is -2.61. The van der Waals surface area contributed by atoms with Crippen LogP contribution in [0, 0.1) is 6.92 Å². The fraction of sp³-hybridized carbons (Fsp3) is 0.267. The molecule has 0 saturated heterocycles. The summed E-state index contributed by atoms with van der Waals surface area (Å²) in [6, 6.07) is 7.12. The average molecular weight is 333 g/mol. The van der Waals surface area contributed by atoms with Gasteiger partial charge in [-0.05, 0) is 19.1 Å². The molecule has 3 rings (SSSR count). The number of benzene rings is 1. The van der Waals surface area contributed by atoms with Gasteiger partial charge in [-0.1, -0.05) is 12.1 Å². The summed E-state index contributed by atoms with van der Waals surface area (Å²) in [6.45, 7) is 1.85. The molecule has 0 fully saturated rings. The van der Waals surface area contributed by atoms with Crippen molar-refractivity contribution in [3.05, 3.63) is 35.3 Å². The van der Waals surface area contributed by atoms with Gasteiger partial charge in [0.15, 0.2) is 16.6 Å². The van der Waals surface area contributed by atoms with Gasteiger partial charge in [0.1, 0.15) is 6.61 Å². The van der Waals surface area contributed by atoms with Gasteiger partial charge >= 0.3 is 0 Å². The summed E-state index contributed by atoms with van der Waals surface area (Å²) in [5, 5.41) is 5.66. The molecule has 2 amide bonds. The number of ether oxygens (including phenoxy) is 2. The summed E-state index contributed by atoms with van der Waals surface area (Å²) in [7, 11) is 0. The lowest BCUT2D eigenvalue weighted by Crippen LogP contribution is -2.46. The maximum Gasteiger partial charge on any atom is 0.265 e. The van der Waals surface area contributed by atoms with E-state index in [2.05, 4.69) is 15.6 Å². The molecule has 8 heteroatoms. The zero-order valence-corrected chi connectivity index (χ0v) is 13.2. The number of fused-ring (bicyclic) bond motifs is 1. The van der Waals surface area contributed by atoms with Crippen LogP contribution in [0.2, 0.25) is 0 Å². The number of nitrogens with one attached hydrogen (secondary N) is 2. The van der Waals surface area contributed by atoms with Gasteiger partial charge in [-0.25, -0.2) is 4.98 Å². The van der Waals surface area contributed by atoms with Gasteiger partial charge < -0.3 is 20.1 Å². The molecule has 0 saturated carbocycles. The van der Waals surface area contributed by atoms with Crippen LogP contribution >= 0.6 is 11.3 Å². The molecule has 0 radical (unpaired) electrons. The summed E-state index contributed by atoms with van der Waals surface area (Å²) in [5.41, 5.74) is 0. The van der Waals surface area contributed by atoms with Crippen LogP contribution in [0.5, 0.6) is 11.5 Å². The van der Waals surface area contributed by atoms with E-state index in [9.17, 15) is 9.59 Å². The Balaban J connectivity index is 1.49. The van der Waals surface area contributed by atoms with Crippen molar-refractivity contribution < 1.29 is 19.1 Å². The van der Waals surface area contributed by atoms with Crippen molar-refractivity contribution in [2.24, 2.45) is 0 Å². The Labute approximate surface area is 136 Å². The van der Waals surface area contributed by atoms with Crippen molar-refractivity contribution in [3.8, 4) is 11.5 Å². The number of aromatic nitrogens is 1. The van der Waals surface area contributed by atoms with Crippen LogP contribution in [-0.4, -0.2) is 36.1 Å². The number of nitrogens with zero attached hydrogens (tertiary/aromatic N) is 1. The fourth-order valence-corrected chi connectivity index (χ4v) is 2.69. The van der Waals surface area contributed by atoms with Crippen molar-refractivity contribution in [2.75, 3.05) is 18.5 Å². The van der Waals surface area contributed by atoms with Gasteiger partial charge in [-0.3, -0.25) is 9.59 Å². The minimum atomic E-state index is -0.778. The number of rotatable bonds is 4. The first-order chi connectivity index (χ1) is 11.1. The lowest BCUT2D eigenvalue weighted by atomic mass is 10.2. The molecule has 1 atom stereocenters. The van der Waals surface area contributed by atoms with E-state index in [0.29, 0.717) is 16.6 Å². The number of para-hydroxylation sites is 2. The number of thiazole rings is 1. The van der Waals surface area contributed by atoms with Crippen molar-refractivity contribution >= 4 is 28.3 Å². The van der Waals surface area contributed by atoms with E-state index in [1.165, 1.54) is 11.3 Å². The molecule has 23 heavy (non-hydrogen) atoms. The average Bonchev–Trinajstić information content (AvgIpc) is 2.97. The lowest BCUT2D eigenvalue weighted by molar-refractivity contribution is -0.131. The molecule has 2 N–H and O–H groups in total. The Bertz CT molecular complexity index is 731. The minimum Gasteiger partial charge on any atom is -0.485 e. The van der Waals surface area contributed by atoms with Crippen LogP contribution in [0.3, 0.4) is 0 Å². The fourth-order valence-electron chi connectivity index (χ4n) is 2.01. The number of aryl methyl sites for hydroxylation is 1. The largest absolute Gasteiger partial charge is 0.485 e. The number of anilines is 1. The third-order valence-electron chi connectivity index (χ3n) is 3.09. The van der Waals surface area contributed by atoms with Crippen LogP contribution in [0.1, 0.15) is 4.88 Å². The van der Waals surface area contributed by atoms with Gasteiger partial charge in [-0.15, -0.1) is 11.3 Å². The Morgan fingerprint density at radius 1 is 1.35 bits per heavy atom. The normalized spacial score (nSPS) is 15.8. The Morgan fingerprint density at radius 2 is 2.13 bits per heavy atom. The summed E-state index contributed by atoms with van der Waals surface area (Å²) < 4.78 is 11.0. The Morgan fingerprint density at radius 3 is 2.87 bits per heavy atom. The highest BCUT2D eigenvalue weighted by molar-refractivity contribution is 7.15.